The van der Waals surface area contributed by atoms with Crippen molar-refractivity contribution in [3.05, 3.63) is 35.9 Å². The Morgan fingerprint density at radius 1 is 1.15 bits per heavy atom. The van der Waals surface area contributed by atoms with Crippen LogP contribution >= 0.6 is 0 Å². The normalized spacial score (nSPS) is 12.1. The molecule has 0 bridgehead atoms. The Morgan fingerprint density at radius 2 is 1.69 bits per heavy atom. The second kappa shape index (κ2) is 3.79. The molecule has 0 saturated carbocycles. The molecule has 0 aliphatic rings. The second-order valence-electron chi connectivity index (χ2n) is 2.81. The number of halogens is 3. The average molecular weight is 189 g/mol. The first kappa shape index (κ1) is 10.1. The minimum Gasteiger partial charge on any atom is -0.213 e. The van der Waals surface area contributed by atoms with Gasteiger partial charge in [0, 0.05) is 6.54 Å². The Bertz CT molecular complexity index is 255. The topological polar surface area (TPSA) is 3.24 Å². The van der Waals surface area contributed by atoms with Gasteiger partial charge in [-0.25, -0.2) is 4.90 Å². The predicted molar refractivity (Wildman–Crippen MR) is 44.0 cm³/mol. The van der Waals surface area contributed by atoms with Gasteiger partial charge in [0.15, 0.2) is 0 Å². The zero-order valence-electron chi connectivity index (χ0n) is 7.17. The standard InChI is InChI=1S/C9H10F3N/c1-13(9(10,11)12)7-8-5-3-2-4-6-8/h2-6H,7H2,1H3. The van der Waals surface area contributed by atoms with Crippen molar-refractivity contribution in [2.45, 2.75) is 12.8 Å². The highest BCUT2D eigenvalue weighted by Gasteiger charge is 2.33. The van der Waals surface area contributed by atoms with E-state index in [-0.39, 0.29) is 6.54 Å². The zero-order chi connectivity index (χ0) is 9.90. The van der Waals surface area contributed by atoms with Gasteiger partial charge < -0.3 is 0 Å². The maximum Gasteiger partial charge on any atom is 0.459 e. The first-order valence-corrected chi connectivity index (χ1v) is 3.82. The van der Waals surface area contributed by atoms with Crippen LogP contribution in [-0.2, 0) is 6.54 Å². The molecule has 0 unspecified atom stereocenters. The molecule has 0 spiro atoms. The third-order valence-corrected chi connectivity index (χ3v) is 1.70. The van der Waals surface area contributed by atoms with Crippen LogP contribution in [0.3, 0.4) is 0 Å². The molecule has 0 fully saturated rings. The third-order valence-electron chi connectivity index (χ3n) is 1.70. The molecule has 1 aromatic rings. The van der Waals surface area contributed by atoms with Crippen LogP contribution in [0, 0.1) is 0 Å². The van der Waals surface area contributed by atoms with Gasteiger partial charge in [0.05, 0.1) is 0 Å². The summed E-state index contributed by atoms with van der Waals surface area (Å²) in [5, 5.41) is 0. The summed E-state index contributed by atoms with van der Waals surface area (Å²) >= 11 is 0. The van der Waals surface area contributed by atoms with Gasteiger partial charge in [-0.15, -0.1) is 0 Å². The summed E-state index contributed by atoms with van der Waals surface area (Å²) < 4.78 is 36.2. The van der Waals surface area contributed by atoms with Crippen molar-refractivity contribution in [3.8, 4) is 0 Å². The minimum atomic E-state index is -4.25. The molecule has 1 rings (SSSR count). The minimum absolute atomic E-state index is 0.107. The Balaban J connectivity index is 2.61. The molecule has 1 nitrogen and oxygen atoms in total. The summed E-state index contributed by atoms with van der Waals surface area (Å²) in [6, 6.07) is 8.56. The Kier molecular flexibility index (Phi) is 2.93. The highest BCUT2D eigenvalue weighted by molar-refractivity contribution is 5.14. The van der Waals surface area contributed by atoms with E-state index < -0.39 is 6.30 Å². The number of nitrogens with zero attached hydrogens (tertiary/aromatic N) is 1. The van der Waals surface area contributed by atoms with Crippen molar-refractivity contribution >= 4 is 0 Å². The molecule has 1 aromatic carbocycles. The van der Waals surface area contributed by atoms with Crippen molar-refractivity contribution < 1.29 is 13.2 Å². The zero-order valence-corrected chi connectivity index (χ0v) is 7.17. The quantitative estimate of drug-likeness (QED) is 0.646. The van der Waals surface area contributed by atoms with Crippen molar-refractivity contribution in [1.82, 2.24) is 4.90 Å². The molecule has 0 N–H and O–H groups in total. The number of benzene rings is 1. The molecule has 0 atom stereocenters. The van der Waals surface area contributed by atoms with Crippen molar-refractivity contribution in [3.63, 3.8) is 0 Å². The van der Waals surface area contributed by atoms with Crippen LogP contribution in [0.4, 0.5) is 13.2 Å². The van der Waals surface area contributed by atoms with Crippen LogP contribution in [0.2, 0.25) is 0 Å². The maximum atomic E-state index is 12.1. The van der Waals surface area contributed by atoms with Crippen LogP contribution in [0.25, 0.3) is 0 Å². The van der Waals surface area contributed by atoms with Crippen LogP contribution in [-0.4, -0.2) is 18.2 Å². The second-order valence-corrected chi connectivity index (χ2v) is 2.81. The highest BCUT2D eigenvalue weighted by atomic mass is 19.4. The molecule has 0 heterocycles. The number of hydrogen-bond acceptors (Lipinski definition) is 1. The molecule has 0 saturated heterocycles. The third kappa shape index (κ3) is 3.06. The molecule has 0 radical (unpaired) electrons. The smallest absolute Gasteiger partial charge is 0.213 e. The lowest BCUT2D eigenvalue weighted by Crippen LogP contribution is -2.33. The largest absolute Gasteiger partial charge is 0.459 e. The molecule has 0 amide bonds. The van der Waals surface area contributed by atoms with Gasteiger partial charge in [0.1, 0.15) is 0 Å². The first-order valence-electron chi connectivity index (χ1n) is 3.82. The van der Waals surface area contributed by atoms with Gasteiger partial charge in [-0.1, -0.05) is 30.3 Å². The summed E-state index contributed by atoms with van der Waals surface area (Å²) in [6.45, 7) is -0.107. The summed E-state index contributed by atoms with van der Waals surface area (Å²) in [5.74, 6) is 0. The van der Waals surface area contributed by atoms with Gasteiger partial charge in [-0.2, -0.15) is 13.2 Å². The molecule has 4 heteroatoms. The van der Waals surface area contributed by atoms with E-state index >= 15 is 0 Å². The fourth-order valence-corrected chi connectivity index (χ4v) is 0.947. The molecular weight excluding hydrogens is 179 g/mol. The average Bonchev–Trinajstić information content (AvgIpc) is 2.04. The fraction of sp³-hybridized carbons (Fsp3) is 0.333. The Morgan fingerprint density at radius 3 is 2.15 bits per heavy atom. The molecule has 72 valence electrons. The molecule has 13 heavy (non-hydrogen) atoms. The van der Waals surface area contributed by atoms with Crippen LogP contribution < -0.4 is 0 Å². The summed E-state index contributed by atoms with van der Waals surface area (Å²) in [6.07, 6.45) is -4.25. The lowest BCUT2D eigenvalue weighted by molar-refractivity contribution is -0.240. The summed E-state index contributed by atoms with van der Waals surface area (Å²) in [5.41, 5.74) is 0.655. The molecule has 0 aliphatic carbocycles. The summed E-state index contributed by atoms with van der Waals surface area (Å²) in [7, 11) is 1.03. The Hall–Kier alpha value is -1.03. The van der Waals surface area contributed by atoms with Gasteiger partial charge in [0.25, 0.3) is 0 Å². The van der Waals surface area contributed by atoms with E-state index in [9.17, 15) is 13.2 Å². The van der Waals surface area contributed by atoms with Crippen molar-refractivity contribution in [2.24, 2.45) is 0 Å². The lowest BCUT2D eigenvalue weighted by atomic mass is 10.2. The van der Waals surface area contributed by atoms with Crippen molar-refractivity contribution in [2.75, 3.05) is 7.05 Å². The van der Waals surface area contributed by atoms with Gasteiger partial charge >= 0.3 is 6.30 Å². The van der Waals surface area contributed by atoms with E-state index in [4.69, 9.17) is 0 Å². The van der Waals surface area contributed by atoms with Crippen molar-refractivity contribution in [1.29, 1.82) is 0 Å². The van der Waals surface area contributed by atoms with E-state index in [1.165, 1.54) is 0 Å². The SMILES string of the molecule is CN(Cc1ccccc1)C(F)(F)F. The van der Waals surface area contributed by atoms with E-state index in [2.05, 4.69) is 0 Å². The summed E-state index contributed by atoms with van der Waals surface area (Å²) in [4.78, 5) is 0.350. The van der Waals surface area contributed by atoms with Gasteiger partial charge in [0.2, 0.25) is 0 Å². The highest BCUT2D eigenvalue weighted by Crippen LogP contribution is 2.20. The van der Waals surface area contributed by atoms with E-state index in [0.717, 1.165) is 7.05 Å². The maximum absolute atomic E-state index is 12.1. The fourth-order valence-electron chi connectivity index (χ4n) is 0.947. The monoisotopic (exact) mass is 189 g/mol. The molecule has 0 aromatic heterocycles. The molecular formula is C9H10F3N. The van der Waals surface area contributed by atoms with Gasteiger partial charge in [-0.05, 0) is 12.6 Å². The van der Waals surface area contributed by atoms with Gasteiger partial charge in [-0.3, -0.25) is 0 Å². The van der Waals surface area contributed by atoms with Crippen LogP contribution in [0.15, 0.2) is 30.3 Å². The number of alkyl halides is 3. The number of rotatable bonds is 2. The predicted octanol–water partition coefficient (Wildman–Crippen LogP) is 2.64. The van der Waals surface area contributed by atoms with Crippen LogP contribution in [0.5, 0.6) is 0 Å². The van der Waals surface area contributed by atoms with E-state index in [1.807, 2.05) is 0 Å². The lowest BCUT2D eigenvalue weighted by Gasteiger charge is -2.19. The first-order chi connectivity index (χ1) is 6.00. The van der Waals surface area contributed by atoms with Crippen LogP contribution in [0.1, 0.15) is 5.56 Å². The number of hydrogen-bond donors (Lipinski definition) is 0. The van der Waals surface area contributed by atoms with E-state index in [0.29, 0.717) is 10.5 Å². The van der Waals surface area contributed by atoms with E-state index in [1.54, 1.807) is 30.3 Å². The molecule has 0 aliphatic heterocycles. The Labute approximate surface area is 74.8 Å².